The summed E-state index contributed by atoms with van der Waals surface area (Å²) < 4.78 is 40.0. The first kappa shape index (κ1) is 57.6. The summed E-state index contributed by atoms with van der Waals surface area (Å²) in [5.41, 5.74) is -2.72. The molecule has 0 radical (unpaired) electrons. The van der Waals surface area contributed by atoms with Gasteiger partial charge in [-0.1, -0.05) is 38.1 Å². The van der Waals surface area contributed by atoms with Gasteiger partial charge >= 0.3 is 5.97 Å². The van der Waals surface area contributed by atoms with Crippen LogP contribution in [0.15, 0.2) is 30.5 Å². The van der Waals surface area contributed by atoms with Gasteiger partial charge in [0.15, 0.2) is 12.6 Å². The van der Waals surface area contributed by atoms with Gasteiger partial charge in [0.05, 0.1) is 52.2 Å². The van der Waals surface area contributed by atoms with Gasteiger partial charge in [-0.15, -0.1) is 5.10 Å². The van der Waals surface area contributed by atoms with Crippen molar-refractivity contribution in [2.75, 3.05) is 34.3 Å². The van der Waals surface area contributed by atoms with Crippen molar-refractivity contribution in [2.24, 2.45) is 17.8 Å². The maximum Gasteiger partial charge on any atom is 0.311 e. The van der Waals surface area contributed by atoms with Gasteiger partial charge < -0.3 is 63.8 Å². The number of likely N-dealkylation sites (N-methyl/N-ethyl adjacent to an activating group) is 2. The standard InChI is InChI=1S/C50H84N6O14/c1-14-39-50(10,62)43(58)33(6)54(12)27-29(2)25-48(8,61)45(31(4)42(32(5)46(60)68-39)69-40-26-49(9,65-13)44(59)34(7)67-40)70-47-41(57)38(24-30(3)66-47)53(11)22-15-16-36-28-55(52-51-36)23-21-35-17-19-37(20-18-35)56(63)64/h17-20,28-34,38-45,47,57-59,61-62H,14-16,21-27H2,1-13H3/t29-,30-,31+,32-,33-,34+,38+,39-,40+,41-,42+,43-,44+,45-,47+,48-,49-,50-/m1/s1. The molecule has 0 bridgehead atoms. The largest absolute Gasteiger partial charge is 0.459 e. The van der Waals surface area contributed by atoms with Crippen molar-refractivity contribution < 1.29 is 63.7 Å². The fourth-order valence-electron chi connectivity index (χ4n) is 10.9. The second-order valence-electron chi connectivity index (χ2n) is 21.4. The zero-order valence-electron chi connectivity index (χ0n) is 43.7. The molecule has 1 aromatic carbocycles. The summed E-state index contributed by atoms with van der Waals surface area (Å²) in [5.74, 6) is -2.79. The molecule has 5 rings (SSSR count). The molecule has 0 unspecified atom stereocenters. The molecule has 4 heterocycles. The Labute approximate surface area is 414 Å². The third-order valence-corrected chi connectivity index (χ3v) is 15.4. The highest BCUT2D eigenvalue weighted by molar-refractivity contribution is 5.73. The number of aryl methyl sites for hydroxylation is 3. The molecule has 5 N–H and O–H groups in total. The number of aliphatic hydroxyl groups excluding tert-OH is 3. The lowest BCUT2D eigenvalue weighted by Gasteiger charge is -2.49. The number of nitrogens with zero attached hydrogens (tertiary/aromatic N) is 6. The van der Waals surface area contributed by atoms with E-state index in [4.69, 9.17) is 28.4 Å². The van der Waals surface area contributed by atoms with Crippen LogP contribution in [0.5, 0.6) is 0 Å². The van der Waals surface area contributed by atoms with Crippen LogP contribution in [0.4, 0.5) is 5.69 Å². The molecule has 0 spiro atoms. The highest BCUT2D eigenvalue weighted by Gasteiger charge is 2.53. The zero-order valence-corrected chi connectivity index (χ0v) is 43.7. The van der Waals surface area contributed by atoms with E-state index in [1.54, 1.807) is 58.4 Å². The fraction of sp³-hybridized carbons (Fsp3) is 0.820. The lowest BCUT2D eigenvalue weighted by molar-refractivity contribution is -0.384. The first-order valence-corrected chi connectivity index (χ1v) is 25.1. The fourth-order valence-corrected chi connectivity index (χ4v) is 10.9. The minimum atomic E-state index is -1.84. The monoisotopic (exact) mass is 993 g/mol. The molecular weight excluding hydrogens is 909 g/mol. The quantitative estimate of drug-likeness (QED) is 0.0970. The predicted molar refractivity (Wildman–Crippen MR) is 258 cm³/mol. The summed E-state index contributed by atoms with van der Waals surface area (Å²) in [6.45, 7) is 19.1. The number of benzene rings is 1. The number of non-ortho nitro benzene ring substituents is 1. The Kier molecular flexibility index (Phi) is 19.9. The summed E-state index contributed by atoms with van der Waals surface area (Å²) in [7, 11) is 5.27. The normalized spacial score (nSPS) is 39.8. The SMILES string of the molecule is CC[C@H]1OC(=O)[C@H](C)[C@@H](O[C@H]2C[C@@](C)(OC)[C@@H](O)[C@H](C)O2)[C@H](C)[C@@H](O[C@@H]2O[C@H](C)C[C@H](N(C)CCCc3cn(CCc4ccc([N+](=O)[O-])cc4)nn3)[C@H]2O)[C@](C)(O)C[C@@H](C)CN(C)[C@H](C)[C@@H](O)[C@]1(C)O. The average Bonchev–Trinajstić information content (AvgIpc) is 3.76. The number of hydrogen-bond donors (Lipinski definition) is 5. The van der Waals surface area contributed by atoms with Crippen LogP contribution in [0.1, 0.15) is 113 Å². The summed E-state index contributed by atoms with van der Waals surface area (Å²) in [4.78, 5) is 29.1. The van der Waals surface area contributed by atoms with Crippen molar-refractivity contribution in [1.29, 1.82) is 0 Å². The number of methoxy groups -OCH3 is 1. The van der Waals surface area contributed by atoms with E-state index >= 15 is 0 Å². The number of cyclic esters (lactones) is 1. The Bertz CT molecular complexity index is 1970. The Hall–Kier alpha value is -3.25. The van der Waals surface area contributed by atoms with E-state index in [-0.39, 0.29) is 37.0 Å². The molecule has 3 saturated heterocycles. The van der Waals surface area contributed by atoms with Gasteiger partial charge in [-0.25, -0.2) is 0 Å². The first-order chi connectivity index (χ1) is 32.7. The maximum absolute atomic E-state index is 14.5. The summed E-state index contributed by atoms with van der Waals surface area (Å²) in [5, 5.41) is 79.2. The van der Waals surface area contributed by atoms with E-state index < -0.39 is 107 Å². The van der Waals surface area contributed by atoms with Gasteiger partial charge in [0.1, 0.15) is 30.0 Å². The van der Waals surface area contributed by atoms with Crippen LogP contribution in [-0.4, -0.2) is 186 Å². The van der Waals surface area contributed by atoms with E-state index in [2.05, 4.69) is 15.2 Å². The Morgan fingerprint density at radius 1 is 0.971 bits per heavy atom. The van der Waals surface area contributed by atoms with Gasteiger partial charge in [-0.3, -0.25) is 19.6 Å². The molecule has 1 aromatic heterocycles. The molecule has 3 aliphatic heterocycles. The van der Waals surface area contributed by atoms with Gasteiger partial charge in [-0.05, 0) is 119 Å². The second kappa shape index (κ2) is 24.2. The Morgan fingerprint density at radius 2 is 1.64 bits per heavy atom. The third kappa shape index (κ3) is 13.9. The predicted octanol–water partition coefficient (Wildman–Crippen LogP) is 3.65. The summed E-state index contributed by atoms with van der Waals surface area (Å²) >= 11 is 0. The highest BCUT2D eigenvalue weighted by atomic mass is 16.7. The number of esters is 1. The van der Waals surface area contributed by atoms with Crippen molar-refractivity contribution in [1.82, 2.24) is 24.8 Å². The van der Waals surface area contributed by atoms with E-state index in [1.165, 1.54) is 26.2 Å². The number of hydrogen-bond acceptors (Lipinski definition) is 18. The topological polar surface area (TPSA) is 254 Å². The van der Waals surface area contributed by atoms with Gasteiger partial charge in [-0.2, -0.15) is 0 Å². The van der Waals surface area contributed by atoms with Crippen molar-refractivity contribution in [3.63, 3.8) is 0 Å². The van der Waals surface area contributed by atoms with Crippen LogP contribution in [0.2, 0.25) is 0 Å². The number of nitro groups is 1. The van der Waals surface area contributed by atoms with Crippen LogP contribution in [-0.2, 0) is 52.6 Å². The van der Waals surface area contributed by atoms with Gasteiger partial charge in [0, 0.05) is 63.0 Å². The summed E-state index contributed by atoms with van der Waals surface area (Å²) in [6, 6.07) is 5.49. The number of aromatic nitrogens is 3. The maximum atomic E-state index is 14.5. The number of carbonyl (C=O) groups excluding carboxylic acids is 1. The van der Waals surface area contributed by atoms with Crippen LogP contribution in [0.3, 0.4) is 0 Å². The molecule has 0 amide bonds. The number of nitro benzene ring substituents is 1. The second-order valence-corrected chi connectivity index (χ2v) is 21.4. The van der Waals surface area contributed by atoms with Gasteiger partial charge in [0.25, 0.3) is 5.69 Å². The molecule has 70 heavy (non-hydrogen) atoms. The lowest BCUT2D eigenvalue weighted by Crippen LogP contribution is -2.60. The van der Waals surface area contributed by atoms with Crippen molar-refractivity contribution in [3.05, 3.63) is 51.8 Å². The minimum Gasteiger partial charge on any atom is -0.459 e. The molecule has 18 atom stereocenters. The molecule has 398 valence electrons. The lowest BCUT2D eigenvalue weighted by atomic mass is 9.77. The zero-order chi connectivity index (χ0) is 52.0. The smallest absolute Gasteiger partial charge is 0.311 e. The van der Waals surface area contributed by atoms with Gasteiger partial charge in [0.2, 0.25) is 0 Å². The Morgan fingerprint density at radius 3 is 2.27 bits per heavy atom. The van der Waals surface area contributed by atoms with E-state index in [0.29, 0.717) is 45.3 Å². The van der Waals surface area contributed by atoms with Crippen LogP contribution in [0.25, 0.3) is 0 Å². The number of aliphatic hydroxyl groups is 5. The van der Waals surface area contributed by atoms with Crippen LogP contribution >= 0.6 is 0 Å². The molecule has 20 heteroatoms. The van der Waals surface area contributed by atoms with Crippen LogP contribution < -0.4 is 0 Å². The molecule has 20 nitrogen and oxygen atoms in total. The molecular formula is C50H84N6O14. The van der Waals surface area contributed by atoms with E-state index in [1.807, 2.05) is 46.0 Å². The Balaban J connectivity index is 1.39. The molecule has 2 aromatic rings. The van der Waals surface area contributed by atoms with Crippen molar-refractivity contribution in [3.8, 4) is 0 Å². The molecule has 0 aliphatic carbocycles. The molecule has 3 aliphatic rings. The number of ether oxygens (including phenoxy) is 6. The third-order valence-electron chi connectivity index (χ3n) is 15.4. The average molecular weight is 993 g/mol. The van der Waals surface area contributed by atoms with E-state index in [9.17, 15) is 40.4 Å². The number of rotatable bonds is 15. The van der Waals surface area contributed by atoms with Crippen molar-refractivity contribution >= 4 is 11.7 Å². The minimum absolute atomic E-state index is 0.0459. The number of carbonyl (C=O) groups is 1. The van der Waals surface area contributed by atoms with E-state index in [0.717, 1.165) is 11.3 Å². The molecule has 3 fully saturated rings. The molecule has 0 saturated carbocycles. The van der Waals surface area contributed by atoms with Crippen LogP contribution in [0, 0.1) is 27.9 Å². The highest BCUT2D eigenvalue weighted by Crippen LogP contribution is 2.40. The first-order valence-electron chi connectivity index (χ1n) is 25.1. The van der Waals surface area contributed by atoms with Crippen molar-refractivity contribution in [2.45, 2.75) is 211 Å². The summed E-state index contributed by atoms with van der Waals surface area (Å²) in [6.07, 6.45) is -5.17.